The van der Waals surface area contributed by atoms with Crippen molar-refractivity contribution in [2.24, 2.45) is 0 Å². The molecule has 160 valence electrons. The lowest BCUT2D eigenvalue weighted by atomic mass is 9.88. The molecule has 2 atom stereocenters. The largest absolute Gasteiger partial charge is 0.416 e. The molecular weight excluding hydrogens is 408 g/mol. The molecule has 1 amide bonds. The number of fused-ring (bicyclic) bond motifs is 1. The van der Waals surface area contributed by atoms with E-state index in [9.17, 15) is 22.4 Å². The lowest BCUT2D eigenvalue weighted by Crippen LogP contribution is -2.31. The van der Waals surface area contributed by atoms with Crippen molar-refractivity contribution in [3.05, 3.63) is 100 Å². The van der Waals surface area contributed by atoms with Gasteiger partial charge in [0, 0.05) is 23.7 Å². The predicted octanol–water partition coefficient (Wildman–Crippen LogP) is 5.83. The third-order valence-corrected chi connectivity index (χ3v) is 5.57. The van der Waals surface area contributed by atoms with Gasteiger partial charge in [-0.25, -0.2) is 4.39 Å². The second-order valence-corrected chi connectivity index (χ2v) is 7.61. The zero-order chi connectivity index (χ0) is 22.2. The van der Waals surface area contributed by atoms with E-state index in [4.69, 9.17) is 0 Å². The van der Waals surface area contributed by atoms with E-state index in [0.717, 1.165) is 28.4 Å². The average molecular weight is 428 g/mol. The highest BCUT2D eigenvalue weighted by Gasteiger charge is 2.35. The molecule has 0 saturated heterocycles. The van der Waals surface area contributed by atoms with Crippen LogP contribution in [0.5, 0.6) is 0 Å². The van der Waals surface area contributed by atoms with Crippen molar-refractivity contribution in [2.75, 3.05) is 11.9 Å². The van der Waals surface area contributed by atoms with Gasteiger partial charge in [-0.3, -0.25) is 4.79 Å². The van der Waals surface area contributed by atoms with E-state index >= 15 is 0 Å². The van der Waals surface area contributed by atoms with E-state index in [2.05, 4.69) is 10.6 Å². The summed E-state index contributed by atoms with van der Waals surface area (Å²) in [6, 6.07) is 17.4. The zero-order valence-corrected chi connectivity index (χ0v) is 16.6. The summed E-state index contributed by atoms with van der Waals surface area (Å²) < 4.78 is 52.6. The van der Waals surface area contributed by atoms with Crippen LogP contribution >= 0.6 is 0 Å². The van der Waals surface area contributed by atoms with Crippen LogP contribution in [0.4, 0.5) is 23.2 Å². The zero-order valence-electron chi connectivity index (χ0n) is 16.6. The molecule has 3 aromatic rings. The van der Waals surface area contributed by atoms with Crippen LogP contribution in [-0.2, 0) is 6.18 Å². The number of para-hydroxylation sites is 1. The molecule has 1 heterocycles. The highest BCUT2D eigenvalue weighted by molar-refractivity contribution is 5.94. The summed E-state index contributed by atoms with van der Waals surface area (Å²) in [5.41, 5.74) is 2.56. The van der Waals surface area contributed by atoms with Crippen molar-refractivity contribution in [1.29, 1.82) is 0 Å². The maximum Gasteiger partial charge on any atom is 0.416 e. The Bertz CT molecular complexity index is 1130. The van der Waals surface area contributed by atoms with Crippen LogP contribution in [0.25, 0.3) is 0 Å². The van der Waals surface area contributed by atoms with Crippen molar-refractivity contribution in [3.8, 4) is 0 Å². The number of halogens is 4. The fourth-order valence-electron chi connectivity index (χ4n) is 4.05. The minimum Gasteiger partial charge on any atom is -0.377 e. The van der Waals surface area contributed by atoms with Crippen LogP contribution in [-0.4, -0.2) is 12.5 Å². The van der Waals surface area contributed by atoms with Crippen LogP contribution in [0.3, 0.4) is 0 Å². The molecule has 0 radical (unpaired) electrons. The standard InChI is InChI=1S/C24H20F4N2O/c1-14-6-2-3-7-18(14)22-20(19-8-4-5-9-21(19)30-22)13-29-23(31)15-10-16(24(26,27)28)12-17(25)11-15/h2-12,20,22,30H,13H2,1H3,(H,29,31)/t20-,22+/m1/s1. The number of hydrogen-bond acceptors (Lipinski definition) is 2. The molecular formula is C24H20F4N2O. The van der Waals surface area contributed by atoms with E-state index < -0.39 is 23.5 Å². The van der Waals surface area contributed by atoms with E-state index in [1.807, 2.05) is 55.5 Å². The Hall–Kier alpha value is -3.35. The summed E-state index contributed by atoms with van der Waals surface area (Å²) in [5, 5.41) is 6.18. The van der Waals surface area contributed by atoms with Gasteiger partial charge in [0.05, 0.1) is 11.6 Å². The number of anilines is 1. The Kier molecular flexibility index (Phi) is 5.43. The Morgan fingerprint density at radius 1 is 1.00 bits per heavy atom. The predicted molar refractivity (Wildman–Crippen MR) is 110 cm³/mol. The van der Waals surface area contributed by atoms with E-state index in [1.54, 1.807) is 0 Å². The molecule has 7 heteroatoms. The summed E-state index contributed by atoms with van der Waals surface area (Å²) in [6.07, 6.45) is -4.73. The minimum absolute atomic E-state index is 0.114. The molecule has 0 bridgehead atoms. The SMILES string of the molecule is Cc1ccccc1[C@@H]1Nc2ccccc2[C@H]1CNC(=O)c1cc(F)cc(C(F)(F)F)c1. The van der Waals surface area contributed by atoms with E-state index in [0.29, 0.717) is 12.1 Å². The third kappa shape index (κ3) is 4.26. The van der Waals surface area contributed by atoms with E-state index in [1.165, 1.54) is 0 Å². The topological polar surface area (TPSA) is 41.1 Å². The minimum atomic E-state index is -4.73. The lowest BCUT2D eigenvalue weighted by Gasteiger charge is -2.23. The fraction of sp³-hybridized carbons (Fsp3) is 0.208. The third-order valence-electron chi connectivity index (χ3n) is 5.57. The number of amides is 1. The first-order valence-corrected chi connectivity index (χ1v) is 9.81. The summed E-state index contributed by atoms with van der Waals surface area (Å²) in [4.78, 5) is 12.6. The molecule has 0 spiro atoms. The number of alkyl halides is 3. The van der Waals surface area contributed by atoms with Crippen molar-refractivity contribution in [2.45, 2.75) is 25.1 Å². The number of benzene rings is 3. The maximum atomic E-state index is 13.7. The molecule has 0 unspecified atom stereocenters. The first kappa shape index (κ1) is 20.9. The number of aryl methyl sites for hydroxylation is 1. The number of nitrogens with one attached hydrogen (secondary N) is 2. The second-order valence-electron chi connectivity index (χ2n) is 7.61. The second kappa shape index (κ2) is 8.06. The molecule has 3 aromatic carbocycles. The first-order chi connectivity index (χ1) is 14.7. The Labute approximate surface area is 177 Å². The Morgan fingerprint density at radius 3 is 2.39 bits per heavy atom. The van der Waals surface area contributed by atoms with Crippen LogP contribution in [0.1, 0.15) is 44.6 Å². The molecule has 3 nitrogen and oxygen atoms in total. The normalized spacial score (nSPS) is 17.7. The number of rotatable bonds is 4. The monoisotopic (exact) mass is 428 g/mol. The van der Waals surface area contributed by atoms with Gasteiger partial charge in [-0.05, 0) is 47.9 Å². The summed E-state index contributed by atoms with van der Waals surface area (Å²) >= 11 is 0. The Balaban J connectivity index is 1.59. The van der Waals surface area contributed by atoms with Gasteiger partial charge in [-0.1, -0.05) is 42.5 Å². The quantitative estimate of drug-likeness (QED) is 0.513. The van der Waals surface area contributed by atoms with Gasteiger partial charge >= 0.3 is 6.18 Å². The van der Waals surface area contributed by atoms with Gasteiger partial charge in [0.15, 0.2) is 0 Å². The van der Waals surface area contributed by atoms with Gasteiger partial charge in [0.25, 0.3) is 5.91 Å². The van der Waals surface area contributed by atoms with Crippen molar-refractivity contribution < 1.29 is 22.4 Å². The van der Waals surface area contributed by atoms with Crippen LogP contribution in [0, 0.1) is 12.7 Å². The molecule has 31 heavy (non-hydrogen) atoms. The van der Waals surface area contributed by atoms with E-state index in [-0.39, 0.29) is 24.1 Å². The van der Waals surface area contributed by atoms with Crippen LogP contribution in [0.2, 0.25) is 0 Å². The average Bonchev–Trinajstić information content (AvgIpc) is 3.09. The van der Waals surface area contributed by atoms with Gasteiger partial charge in [-0.15, -0.1) is 0 Å². The van der Waals surface area contributed by atoms with Gasteiger partial charge in [-0.2, -0.15) is 13.2 Å². The smallest absolute Gasteiger partial charge is 0.377 e. The van der Waals surface area contributed by atoms with Crippen LogP contribution < -0.4 is 10.6 Å². The lowest BCUT2D eigenvalue weighted by molar-refractivity contribution is -0.137. The number of carbonyl (C=O) groups excluding carboxylic acids is 1. The highest BCUT2D eigenvalue weighted by Crippen LogP contribution is 2.44. The molecule has 4 rings (SSSR count). The molecule has 2 N–H and O–H groups in total. The Morgan fingerprint density at radius 2 is 1.68 bits per heavy atom. The van der Waals surface area contributed by atoms with Crippen LogP contribution in [0.15, 0.2) is 66.7 Å². The van der Waals surface area contributed by atoms with Gasteiger partial charge < -0.3 is 10.6 Å². The van der Waals surface area contributed by atoms with Crippen molar-refractivity contribution in [1.82, 2.24) is 5.32 Å². The molecule has 1 aliphatic rings. The van der Waals surface area contributed by atoms with Gasteiger partial charge in [0.2, 0.25) is 0 Å². The van der Waals surface area contributed by atoms with Crippen molar-refractivity contribution >= 4 is 11.6 Å². The number of carbonyl (C=O) groups is 1. The molecule has 0 aliphatic carbocycles. The van der Waals surface area contributed by atoms with Gasteiger partial charge in [0.1, 0.15) is 5.82 Å². The molecule has 1 aliphatic heterocycles. The highest BCUT2D eigenvalue weighted by atomic mass is 19.4. The van der Waals surface area contributed by atoms with Crippen molar-refractivity contribution in [3.63, 3.8) is 0 Å². The summed E-state index contributed by atoms with van der Waals surface area (Å²) in [5.74, 6) is -2.00. The summed E-state index contributed by atoms with van der Waals surface area (Å²) in [7, 11) is 0. The first-order valence-electron chi connectivity index (χ1n) is 9.81. The fourth-order valence-corrected chi connectivity index (χ4v) is 4.05. The summed E-state index contributed by atoms with van der Waals surface area (Å²) in [6.45, 7) is 2.18. The number of hydrogen-bond donors (Lipinski definition) is 2. The maximum absolute atomic E-state index is 13.7. The molecule has 0 fully saturated rings. The molecule has 0 saturated carbocycles. The molecule has 0 aromatic heterocycles.